The summed E-state index contributed by atoms with van der Waals surface area (Å²) in [6.07, 6.45) is 0.878. The van der Waals surface area contributed by atoms with Crippen molar-refractivity contribution in [1.82, 2.24) is 0 Å². The minimum absolute atomic E-state index is 0.120. The maximum Gasteiger partial charge on any atom is 0.312 e. The van der Waals surface area contributed by atoms with Crippen molar-refractivity contribution >= 4 is 21.9 Å². The Kier molecular flexibility index (Phi) is 4.29. The number of carboxylic acid groups (broad SMARTS) is 1. The van der Waals surface area contributed by atoms with Gasteiger partial charge in [0.05, 0.1) is 5.92 Å². The van der Waals surface area contributed by atoms with E-state index in [2.05, 4.69) is 15.9 Å². The van der Waals surface area contributed by atoms with Crippen molar-refractivity contribution in [3.05, 3.63) is 33.8 Å². The normalized spacial score (nSPS) is 12.5. The van der Waals surface area contributed by atoms with Crippen molar-refractivity contribution in [2.45, 2.75) is 19.3 Å². The van der Waals surface area contributed by atoms with Gasteiger partial charge in [0, 0.05) is 11.0 Å². The molecular weight excluding hydrogens is 258 g/mol. The number of hydrogen-bond donors (Lipinski definition) is 2. The van der Waals surface area contributed by atoms with Crippen LogP contribution in [-0.2, 0) is 11.2 Å². The molecule has 82 valence electrons. The Bertz CT molecular complexity index is 366. The maximum atomic E-state index is 10.9. The molecule has 15 heavy (non-hydrogen) atoms. The van der Waals surface area contributed by atoms with Crippen molar-refractivity contribution in [3.8, 4) is 0 Å². The van der Waals surface area contributed by atoms with E-state index in [1.807, 2.05) is 25.1 Å². The van der Waals surface area contributed by atoms with Gasteiger partial charge in [0.25, 0.3) is 0 Å². The Morgan fingerprint density at radius 3 is 2.67 bits per heavy atom. The second-order valence-corrected chi connectivity index (χ2v) is 4.29. The first kappa shape index (κ1) is 12.2. The number of carboxylic acids is 1. The van der Waals surface area contributed by atoms with Gasteiger partial charge in [-0.1, -0.05) is 28.9 Å². The Morgan fingerprint density at radius 2 is 2.20 bits per heavy atom. The molecule has 0 saturated carbocycles. The summed E-state index contributed by atoms with van der Waals surface area (Å²) in [5.41, 5.74) is 7.32. The van der Waals surface area contributed by atoms with Crippen molar-refractivity contribution < 1.29 is 9.90 Å². The summed E-state index contributed by atoms with van der Waals surface area (Å²) in [4.78, 5) is 10.9. The molecule has 3 nitrogen and oxygen atoms in total. The van der Waals surface area contributed by atoms with Crippen LogP contribution in [-0.4, -0.2) is 17.6 Å². The van der Waals surface area contributed by atoms with Gasteiger partial charge in [-0.2, -0.15) is 0 Å². The minimum atomic E-state index is -0.877. The molecule has 0 aliphatic heterocycles. The zero-order valence-corrected chi connectivity index (χ0v) is 10.1. The van der Waals surface area contributed by atoms with Gasteiger partial charge >= 0.3 is 5.97 Å². The average molecular weight is 272 g/mol. The third-order valence-corrected chi connectivity index (χ3v) is 2.78. The summed E-state index contributed by atoms with van der Waals surface area (Å²) in [5, 5.41) is 8.99. The topological polar surface area (TPSA) is 63.3 Å². The summed E-state index contributed by atoms with van der Waals surface area (Å²) in [5.74, 6) is -1.49. The Morgan fingerprint density at radius 1 is 1.53 bits per heavy atom. The van der Waals surface area contributed by atoms with E-state index in [0.717, 1.165) is 22.0 Å². The number of aryl methyl sites for hydroxylation is 1. The molecule has 0 spiro atoms. The van der Waals surface area contributed by atoms with Gasteiger partial charge in [0.15, 0.2) is 0 Å². The third-order valence-electron chi connectivity index (χ3n) is 2.32. The van der Waals surface area contributed by atoms with E-state index < -0.39 is 11.9 Å². The van der Waals surface area contributed by atoms with Gasteiger partial charge in [-0.25, -0.2) is 0 Å². The molecule has 0 radical (unpaired) electrons. The highest BCUT2D eigenvalue weighted by molar-refractivity contribution is 9.10. The van der Waals surface area contributed by atoms with Gasteiger partial charge in [-0.3, -0.25) is 4.79 Å². The zero-order chi connectivity index (χ0) is 11.4. The average Bonchev–Trinajstić information content (AvgIpc) is 2.17. The standard InChI is InChI=1S/C11H14BrNO2/c1-2-7-3-8(5-9(12)4-7)10(6-13)11(14)15/h3-5,10H,2,6,13H2,1H3,(H,14,15). The van der Waals surface area contributed by atoms with E-state index in [4.69, 9.17) is 10.8 Å². The van der Waals surface area contributed by atoms with E-state index in [1.165, 1.54) is 0 Å². The Hall–Kier alpha value is -0.870. The molecule has 1 aromatic rings. The quantitative estimate of drug-likeness (QED) is 0.882. The number of rotatable bonds is 4. The number of carbonyl (C=O) groups is 1. The fraction of sp³-hybridized carbons (Fsp3) is 0.364. The molecule has 3 N–H and O–H groups in total. The lowest BCUT2D eigenvalue weighted by molar-refractivity contribution is -0.138. The molecule has 0 bridgehead atoms. The molecule has 0 amide bonds. The van der Waals surface area contributed by atoms with Crippen LogP contribution in [0.2, 0.25) is 0 Å². The van der Waals surface area contributed by atoms with Gasteiger partial charge in [-0.15, -0.1) is 0 Å². The van der Waals surface area contributed by atoms with Crippen molar-refractivity contribution in [2.75, 3.05) is 6.54 Å². The minimum Gasteiger partial charge on any atom is -0.481 e. The van der Waals surface area contributed by atoms with Crippen molar-refractivity contribution in [2.24, 2.45) is 5.73 Å². The van der Waals surface area contributed by atoms with Crippen LogP contribution in [0, 0.1) is 0 Å². The second kappa shape index (κ2) is 5.28. The number of hydrogen-bond acceptors (Lipinski definition) is 2. The summed E-state index contributed by atoms with van der Waals surface area (Å²) < 4.78 is 0.900. The first-order valence-electron chi connectivity index (χ1n) is 4.80. The number of halogens is 1. The molecule has 0 saturated heterocycles. The highest BCUT2D eigenvalue weighted by atomic mass is 79.9. The summed E-state index contributed by atoms with van der Waals surface area (Å²) >= 11 is 3.37. The largest absolute Gasteiger partial charge is 0.481 e. The van der Waals surface area contributed by atoms with E-state index in [-0.39, 0.29) is 6.54 Å². The molecule has 0 heterocycles. The molecule has 1 aromatic carbocycles. The first-order valence-corrected chi connectivity index (χ1v) is 5.60. The van der Waals surface area contributed by atoms with Gasteiger partial charge in [0.1, 0.15) is 0 Å². The van der Waals surface area contributed by atoms with Crippen LogP contribution in [0.3, 0.4) is 0 Å². The van der Waals surface area contributed by atoms with Crippen molar-refractivity contribution in [3.63, 3.8) is 0 Å². The van der Waals surface area contributed by atoms with E-state index in [0.29, 0.717) is 0 Å². The summed E-state index contributed by atoms with van der Waals surface area (Å²) in [7, 11) is 0. The molecule has 0 aromatic heterocycles. The fourth-order valence-corrected chi connectivity index (χ4v) is 2.02. The van der Waals surface area contributed by atoms with Crippen LogP contribution in [0.15, 0.2) is 22.7 Å². The predicted octanol–water partition coefficient (Wildman–Crippen LogP) is 2.14. The van der Waals surface area contributed by atoms with Gasteiger partial charge in [0.2, 0.25) is 0 Å². The smallest absolute Gasteiger partial charge is 0.312 e. The molecule has 1 unspecified atom stereocenters. The molecule has 1 rings (SSSR count). The van der Waals surface area contributed by atoms with E-state index in [1.54, 1.807) is 0 Å². The number of nitrogens with two attached hydrogens (primary N) is 1. The van der Waals surface area contributed by atoms with Crippen LogP contribution in [0.5, 0.6) is 0 Å². The maximum absolute atomic E-state index is 10.9. The highest BCUT2D eigenvalue weighted by Gasteiger charge is 2.18. The molecule has 1 atom stereocenters. The SMILES string of the molecule is CCc1cc(Br)cc(C(CN)C(=O)O)c1. The van der Waals surface area contributed by atoms with E-state index >= 15 is 0 Å². The van der Waals surface area contributed by atoms with Gasteiger partial charge in [-0.05, 0) is 29.7 Å². The van der Waals surface area contributed by atoms with Crippen LogP contribution >= 0.6 is 15.9 Å². The van der Waals surface area contributed by atoms with Crippen molar-refractivity contribution in [1.29, 1.82) is 0 Å². The molecule has 0 aliphatic carbocycles. The molecule has 0 fully saturated rings. The van der Waals surface area contributed by atoms with E-state index in [9.17, 15) is 4.79 Å². The lowest BCUT2D eigenvalue weighted by atomic mass is 9.97. The van der Waals surface area contributed by atoms with Crippen LogP contribution in [0.1, 0.15) is 24.0 Å². The lowest BCUT2D eigenvalue weighted by Gasteiger charge is -2.12. The molecule has 0 aliphatic rings. The Balaban J connectivity index is 3.11. The molecular formula is C11H14BrNO2. The number of aliphatic carboxylic acids is 1. The zero-order valence-electron chi connectivity index (χ0n) is 8.53. The van der Waals surface area contributed by atoms with Crippen LogP contribution < -0.4 is 5.73 Å². The van der Waals surface area contributed by atoms with Crippen LogP contribution in [0.4, 0.5) is 0 Å². The predicted molar refractivity (Wildman–Crippen MR) is 63.0 cm³/mol. The highest BCUT2D eigenvalue weighted by Crippen LogP contribution is 2.22. The summed E-state index contributed by atoms with van der Waals surface area (Å²) in [6, 6.07) is 5.69. The van der Waals surface area contributed by atoms with Crippen LogP contribution in [0.25, 0.3) is 0 Å². The third kappa shape index (κ3) is 3.04. The monoisotopic (exact) mass is 271 g/mol. The van der Waals surface area contributed by atoms with Gasteiger partial charge < -0.3 is 10.8 Å². The first-order chi connectivity index (χ1) is 7.08. The Labute approximate surface area is 97.4 Å². The lowest BCUT2D eigenvalue weighted by Crippen LogP contribution is -2.21. The fourth-order valence-electron chi connectivity index (χ4n) is 1.46. The second-order valence-electron chi connectivity index (χ2n) is 3.37. The number of benzene rings is 1. The summed E-state index contributed by atoms with van der Waals surface area (Å²) in [6.45, 7) is 2.15. The molecule has 4 heteroatoms.